The van der Waals surface area contributed by atoms with Crippen LogP contribution in [0, 0.1) is 0 Å². The lowest BCUT2D eigenvalue weighted by Crippen LogP contribution is -2.05. The van der Waals surface area contributed by atoms with Crippen LogP contribution in [0.5, 0.6) is 5.75 Å². The molecular weight excluding hydrogens is 375 g/mol. The van der Waals surface area contributed by atoms with E-state index in [4.69, 9.17) is 4.74 Å². The summed E-state index contributed by atoms with van der Waals surface area (Å²) < 4.78 is 45.7. The lowest BCUT2D eigenvalue weighted by atomic mass is 10.1. The molecule has 1 heterocycles. The van der Waals surface area contributed by atoms with Gasteiger partial charge in [-0.05, 0) is 42.8 Å². The largest absolute Gasteiger partial charge is 0.494 e. The number of hydrogen-bond acceptors (Lipinski definition) is 4. The van der Waals surface area contributed by atoms with Crippen molar-refractivity contribution in [3.8, 4) is 17.1 Å². The zero-order valence-corrected chi connectivity index (χ0v) is 15.6. The first-order chi connectivity index (χ1) is 12.9. The first kappa shape index (κ1) is 19.3. The summed E-state index contributed by atoms with van der Waals surface area (Å²) in [5.74, 6) is 1.84. The molecule has 0 aliphatic heterocycles. The summed E-state index contributed by atoms with van der Waals surface area (Å²) in [6, 6.07) is 12.8. The number of alkyl halides is 3. The summed E-state index contributed by atoms with van der Waals surface area (Å²) in [7, 11) is 1.83. The molecule has 3 aromatic rings. The van der Waals surface area contributed by atoms with Crippen molar-refractivity contribution in [2.24, 2.45) is 7.05 Å². The maximum absolute atomic E-state index is 12.8. The van der Waals surface area contributed by atoms with Gasteiger partial charge in [0.25, 0.3) is 0 Å². The van der Waals surface area contributed by atoms with Gasteiger partial charge in [0.15, 0.2) is 11.0 Å². The van der Waals surface area contributed by atoms with Gasteiger partial charge in [-0.25, -0.2) is 0 Å². The third-order valence-electron chi connectivity index (χ3n) is 3.88. The van der Waals surface area contributed by atoms with Crippen LogP contribution < -0.4 is 4.74 Å². The third kappa shape index (κ3) is 4.63. The van der Waals surface area contributed by atoms with E-state index in [1.165, 1.54) is 17.8 Å². The molecule has 2 aromatic carbocycles. The molecule has 0 bridgehead atoms. The molecule has 0 unspecified atom stereocenters. The standard InChI is InChI=1S/C19H18F3N3OS/c1-3-26-16-9-7-14(8-10-16)17-23-24-18(25(17)2)27-12-13-5-4-6-15(11-13)19(20,21)22/h4-11H,3,12H2,1-2H3. The van der Waals surface area contributed by atoms with E-state index >= 15 is 0 Å². The molecule has 142 valence electrons. The Labute approximate surface area is 159 Å². The minimum Gasteiger partial charge on any atom is -0.494 e. The van der Waals surface area contributed by atoms with Crippen molar-refractivity contribution in [3.05, 3.63) is 59.7 Å². The van der Waals surface area contributed by atoms with E-state index in [1.54, 1.807) is 6.07 Å². The summed E-state index contributed by atoms with van der Waals surface area (Å²) >= 11 is 1.34. The van der Waals surface area contributed by atoms with Crippen molar-refractivity contribution in [1.29, 1.82) is 0 Å². The van der Waals surface area contributed by atoms with E-state index in [-0.39, 0.29) is 0 Å². The second-order valence-electron chi connectivity index (χ2n) is 5.81. The number of ether oxygens (including phenoxy) is 1. The van der Waals surface area contributed by atoms with Gasteiger partial charge in [0.2, 0.25) is 0 Å². The van der Waals surface area contributed by atoms with Crippen molar-refractivity contribution in [3.63, 3.8) is 0 Å². The fraction of sp³-hybridized carbons (Fsp3) is 0.263. The van der Waals surface area contributed by atoms with Crippen molar-refractivity contribution in [2.45, 2.75) is 24.0 Å². The fourth-order valence-electron chi connectivity index (χ4n) is 2.54. The zero-order chi connectivity index (χ0) is 19.4. The highest BCUT2D eigenvalue weighted by Gasteiger charge is 2.30. The minimum atomic E-state index is -4.34. The molecule has 0 saturated carbocycles. The zero-order valence-electron chi connectivity index (χ0n) is 14.8. The Kier molecular flexibility index (Phi) is 5.74. The van der Waals surface area contributed by atoms with E-state index < -0.39 is 11.7 Å². The van der Waals surface area contributed by atoms with Crippen LogP contribution in [0.25, 0.3) is 11.4 Å². The third-order valence-corrected chi connectivity index (χ3v) is 4.97. The highest BCUT2D eigenvalue weighted by Crippen LogP contribution is 2.31. The molecule has 0 fully saturated rings. The van der Waals surface area contributed by atoms with Gasteiger partial charge in [0.1, 0.15) is 5.75 Å². The molecule has 8 heteroatoms. The Bertz CT molecular complexity index is 907. The highest BCUT2D eigenvalue weighted by molar-refractivity contribution is 7.98. The van der Waals surface area contributed by atoms with Gasteiger partial charge in [-0.3, -0.25) is 0 Å². The van der Waals surface area contributed by atoms with Crippen molar-refractivity contribution in [2.75, 3.05) is 6.61 Å². The monoisotopic (exact) mass is 393 g/mol. The number of nitrogens with zero attached hydrogens (tertiary/aromatic N) is 3. The number of halogens is 3. The molecule has 0 saturated heterocycles. The molecule has 0 N–H and O–H groups in total. The molecule has 0 aliphatic carbocycles. The predicted octanol–water partition coefficient (Wildman–Crippen LogP) is 5.19. The van der Waals surface area contributed by atoms with Gasteiger partial charge in [-0.1, -0.05) is 30.0 Å². The van der Waals surface area contributed by atoms with Gasteiger partial charge >= 0.3 is 6.18 Å². The number of thioether (sulfide) groups is 1. The lowest BCUT2D eigenvalue weighted by Gasteiger charge is -2.08. The average molecular weight is 393 g/mol. The molecule has 3 rings (SSSR count). The van der Waals surface area contributed by atoms with Crippen LogP contribution in [0.4, 0.5) is 13.2 Å². The Morgan fingerprint density at radius 2 is 1.81 bits per heavy atom. The van der Waals surface area contributed by atoms with Crippen molar-refractivity contribution < 1.29 is 17.9 Å². The summed E-state index contributed by atoms with van der Waals surface area (Å²) in [6.45, 7) is 2.52. The van der Waals surface area contributed by atoms with E-state index in [0.29, 0.717) is 28.9 Å². The van der Waals surface area contributed by atoms with Crippen LogP contribution in [0.2, 0.25) is 0 Å². The van der Waals surface area contributed by atoms with Crippen molar-refractivity contribution in [1.82, 2.24) is 14.8 Å². The molecule has 0 spiro atoms. The van der Waals surface area contributed by atoms with E-state index in [0.717, 1.165) is 23.4 Å². The number of benzene rings is 2. The first-order valence-corrected chi connectivity index (χ1v) is 9.28. The Morgan fingerprint density at radius 3 is 2.48 bits per heavy atom. The molecule has 4 nitrogen and oxygen atoms in total. The summed E-state index contributed by atoms with van der Waals surface area (Å²) in [5.41, 5.74) is 0.827. The summed E-state index contributed by atoms with van der Waals surface area (Å²) in [4.78, 5) is 0. The van der Waals surface area contributed by atoms with Gasteiger partial charge < -0.3 is 9.30 Å². The topological polar surface area (TPSA) is 39.9 Å². The molecule has 0 amide bonds. The molecular formula is C19H18F3N3OS. The number of aromatic nitrogens is 3. The average Bonchev–Trinajstić information content (AvgIpc) is 3.01. The molecule has 1 aromatic heterocycles. The van der Waals surface area contributed by atoms with Gasteiger partial charge in [0.05, 0.1) is 12.2 Å². The van der Waals surface area contributed by atoms with Crippen LogP contribution in [0.3, 0.4) is 0 Å². The van der Waals surface area contributed by atoms with Gasteiger partial charge in [-0.2, -0.15) is 13.2 Å². The lowest BCUT2D eigenvalue weighted by molar-refractivity contribution is -0.137. The highest BCUT2D eigenvalue weighted by atomic mass is 32.2. The van der Waals surface area contributed by atoms with E-state index in [9.17, 15) is 13.2 Å². The Hall–Kier alpha value is -2.48. The van der Waals surface area contributed by atoms with Gasteiger partial charge in [0, 0.05) is 18.4 Å². The predicted molar refractivity (Wildman–Crippen MR) is 98.6 cm³/mol. The quantitative estimate of drug-likeness (QED) is 0.540. The van der Waals surface area contributed by atoms with E-state index in [2.05, 4.69) is 10.2 Å². The number of rotatable bonds is 6. The van der Waals surface area contributed by atoms with Crippen LogP contribution in [0.1, 0.15) is 18.1 Å². The van der Waals surface area contributed by atoms with Crippen LogP contribution >= 0.6 is 11.8 Å². The molecule has 0 aliphatic rings. The summed E-state index contributed by atoms with van der Waals surface area (Å²) in [5, 5.41) is 9.00. The Morgan fingerprint density at radius 1 is 1.07 bits per heavy atom. The molecule has 27 heavy (non-hydrogen) atoms. The van der Waals surface area contributed by atoms with Gasteiger partial charge in [-0.15, -0.1) is 10.2 Å². The number of hydrogen-bond donors (Lipinski definition) is 0. The molecule has 0 radical (unpaired) electrons. The maximum Gasteiger partial charge on any atom is 0.416 e. The van der Waals surface area contributed by atoms with Crippen LogP contribution in [-0.4, -0.2) is 21.4 Å². The maximum atomic E-state index is 12.8. The van der Waals surface area contributed by atoms with Crippen LogP contribution in [0.15, 0.2) is 53.7 Å². The van der Waals surface area contributed by atoms with E-state index in [1.807, 2.05) is 42.8 Å². The normalized spacial score (nSPS) is 11.6. The smallest absolute Gasteiger partial charge is 0.416 e. The minimum absolute atomic E-state index is 0.374. The SMILES string of the molecule is CCOc1ccc(-c2nnc(SCc3cccc(C(F)(F)F)c3)n2C)cc1. The second-order valence-corrected chi connectivity index (χ2v) is 6.75. The summed E-state index contributed by atoms with van der Waals surface area (Å²) in [6.07, 6.45) is -4.34. The fourth-order valence-corrected chi connectivity index (χ4v) is 3.40. The molecule has 0 atom stereocenters. The second kappa shape index (κ2) is 8.04. The first-order valence-electron chi connectivity index (χ1n) is 8.30. The van der Waals surface area contributed by atoms with Crippen molar-refractivity contribution >= 4 is 11.8 Å². The Balaban J connectivity index is 1.72. The van der Waals surface area contributed by atoms with Crippen LogP contribution in [-0.2, 0) is 19.0 Å².